The Bertz CT molecular complexity index is 102. The lowest BCUT2D eigenvalue weighted by atomic mass is 10.9. The van der Waals surface area contributed by atoms with Crippen molar-refractivity contribution in [2.45, 2.75) is 20.8 Å². The average Bonchev–Trinajstić information content (AvgIpc) is 2.63. The van der Waals surface area contributed by atoms with Crippen molar-refractivity contribution < 1.29 is 15.3 Å². The van der Waals surface area contributed by atoms with E-state index >= 15 is 0 Å². The van der Waals surface area contributed by atoms with Gasteiger partial charge < -0.3 is 20.3 Å². The zero-order valence-corrected chi connectivity index (χ0v) is 9.14. The largest absolute Gasteiger partial charge is 0.397 e. The van der Waals surface area contributed by atoms with Crippen LogP contribution in [0.4, 0.5) is 0 Å². The van der Waals surface area contributed by atoms with Crippen LogP contribution in [0.25, 0.3) is 0 Å². The fourth-order valence-corrected chi connectivity index (χ4v) is 0.215. The van der Waals surface area contributed by atoms with E-state index in [9.17, 15) is 0 Å². The number of aliphatic hydroxyl groups excluding tert-OH is 3. The molecule has 1 heterocycles. The molecule has 5 nitrogen and oxygen atoms in total. The van der Waals surface area contributed by atoms with Crippen LogP contribution in [-0.4, -0.2) is 45.1 Å². The van der Waals surface area contributed by atoms with Gasteiger partial charge in [-0.2, -0.15) is 0 Å². The van der Waals surface area contributed by atoms with Crippen molar-refractivity contribution >= 4 is 0 Å². The maximum absolute atomic E-state index is 7.57. The van der Waals surface area contributed by atoms with E-state index in [2.05, 4.69) is 9.97 Å². The number of aliphatic hydroxyl groups is 3. The highest BCUT2D eigenvalue weighted by Crippen LogP contribution is 1.62. The zero-order valence-electron chi connectivity index (χ0n) is 9.14. The van der Waals surface area contributed by atoms with E-state index in [1.54, 1.807) is 39.5 Å². The van der Waals surface area contributed by atoms with E-state index in [1.165, 1.54) is 0 Å². The number of hydrogen-bond acceptors (Lipinski definition) is 4. The molecule has 0 bridgehead atoms. The zero-order chi connectivity index (χ0) is 11.7. The molecule has 14 heavy (non-hydrogen) atoms. The first kappa shape index (κ1) is 18.8. The van der Waals surface area contributed by atoms with Gasteiger partial charge in [-0.15, -0.1) is 0 Å². The van der Waals surface area contributed by atoms with Gasteiger partial charge in [-0.3, -0.25) is 0 Å². The molecule has 0 aromatic carbocycles. The first-order valence-electron chi connectivity index (χ1n) is 4.50. The molecular formula is C9H22N2O3. The smallest absolute Gasteiger partial charge is 0.0919 e. The Kier molecular flexibility index (Phi) is 39.7. The van der Waals surface area contributed by atoms with Crippen molar-refractivity contribution in [1.29, 1.82) is 0 Å². The van der Waals surface area contributed by atoms with Gasteiger partial charge in [0.2, 0.25) is 0 Å². The van der Waals surface area contributed by atoms with Gasteiger partial charge in [0.1, 0.15) is 0 Å². The van der Waals surface area contributed by atoms with E-state index < -0.39 is 0 Å². The maximum Gasteiger partial charge on any atom is 0.0919 e. The van der Waals surface area contributed by atoms with Crippen LogP contribution in [0, 0.1) is 0 Å². The van der Waals surface area contributed by atoms with Gasteiger partial charge in [0.25, 0.3) is 0 Å². The Morgan fingerprint density at radius 1 is 1.00 bits per heavy atom. The molecule has 0 aliphatic heterocycles. The molecule has 0 aliphatic carbocycles. The quantitative estimate of drug-likeness (QED) is 0.495. The molecule has 0 saturated carbocycles. The van der Waals surface area contributed by atoms with E-state index in [0.29, 0.717) is 0 Å². The summed E-state index contributed by atoms with van der Waals surface area (Å²) in [6.45, 7) is 5.79. The topological polar surface area (TPSA) is 89.4 Å². The van der Waals surface area contributed by atoms with E-state index in [-0.39, 0.29) is 19.8 Å². The number of rotatable bonds is 0. The average molecular weight is 206 g/mol. The van der Waals surface area contributed by atoms with Crippen molar-refractivity contribution in [2.24, 2.45) is 0 Å². The second kappa shape index (κ2) is 29.6. The van der Waals surface area contributed by atoms with E-state index in [0.717, 1.165) is 0 Å². The summed E-state index contributed by atoms with van der Waals surface area (Å²) < 4.78 is 0. The standard InChI is InChI=1S/C3H4N2.3C2H6O/c1-2-5-3-4-1;3*1-2-3/h1-3H,(H,4,5);3*3H,2H2,1H3. The Labute approximate surface area is 85.5 Å². The van der Waals surface area contributed by atoms with Crippen LogP contribution in [0.3, 0.4) is 0 Å². The van der Waals surface area contributed by atoms with Crippen LogP contribution in [0.5, 0.6) is 0 Å². The molecule has 4 N–H and O–H groups in total. The SMILES string of the molecule is CCO.CCO.CCO.c1c[nH]cn1. The van der Waals surface area contributed by atoms with Gasteiger partial charge in [0.05, 0.1) is 6.33 Å². The molecule has 1 aromatic rings. The van der Waals surface area contributed by atoms with Crippen molar-refractivity contribution in [3.63, 3.8) is 0 Å². The minimum absolute atomic E-state index is 0.250. The summed E-state index contributed by atoms with van der Waals surface area (Å²) in [5.41, 5.74) is 0. The van der Waals surface area contributed by atoms with E-state index in [4.69, 9.17) is 15.3 Å². The molecule has 0 saturated heterocycles. The van der Waals surface area contributed by atoms with Crippen LogP contribution >= 0.6 is 0 Å². The lowest BCUT2D eigenvalue weighted by molar-refractivity contribution is 0.318. The van der Waals surface area contributed by atoms with Crippen LogP contribution in [-0.2, 0) is 0 Å². The fraction of sp³-hybridized carbons (Fsp3) is 0.667. The number of H-pyrrole nitrogens is 1. The third kappa shape index (κ3) is 67.5. The van der Waals surface area contributed by atoms with Crippen LogP contribution in [0.15, 0.2) is 18.7 Å². The third-order valence-electron chi connectivity index (χ3n) is 0.406. The lowest BCUT2D eigenvalue weighted by Gasteiger charge is -1.52. The number of nitrogens with one attached hydrogen (secondary N) is 1. The second-order valence-electron chi connectivity index (χ2n) is 1.71. The molecule has 0 aliphatic rings. The summed E-state index contributed by atoms with van der Waals surface area (Å²) in [4.78, 5) is 6.42. The van der Waals surface area contributed by atoms with Gasteiger partial charge in [-0.05, 0) is 20.8 Å². The molecule has 86 valence electrons. The maximum atomic E-state index is 7.57. The predicted octanol–water partition coefficient (Wildman–Crippen LogP) is 0.405. The highest BCUT2D eigenvalue weighted by atomic mass is 16.3. The summed E-state index contributed by atoms with van der Waals surface area (Å²) in [5.74, 6) is 0. The highest BCUT2D eigenvalue weighted by Gasteiger charge is 1.56. The van der Waals surface area contributed by atoms with Crippen molar-refractivity contribution in [2.75, 3.05) is 19.8 Å². The second-order valence-corrected chi connectivity index (χ2v) is 1.71. The third-order valence-corrected chi connectivity index (χ3v) is 0.406. The van der Waals surface area contributed by atoms with Gasteiger partial charge >= 0.3 is 0 Å². The summed E-state index contributed by atoms with van der Waals surface area (Å²) in [6, 6.07) is 0. The summed E-state index contributed by atoms with van der Waals surface area (Å²) in [6.07, 6.45) is 5.08. The Balaban J connectivity index is -0.000000121. The predicted molar refractivity (Wildman–Crippen MR) is 56.9 cm³/mol. The Morgan fingerprint density at radius 3 is 1.43 bits per heavy atom. The first-order chi connectivity index (χ1) is 6.74. The van der Waals surface area contributed by atoms with Gasteiger partial charge in [0.15, 0.2) is 0 Å². The minimum atomic E-state index is 0.250. The molecule has 1 rings (SSSR count). The number of aromatic amines is 1. The normalized spacial score (nSPS) is 6.71. The first-order valence-corrected chi connectivity index (χ1v) is 4.50. The van der Waals surface area contributed by atoms with Crippen molar-refractivity contribution in [3.8, 4) is 0 Å². The minimum Gasteiger partial charge on any atom is -0.397 e. The fourth-order valence-electron chi connectivity index (χ4n) is 0.215. The monoisotopic (exact) mass is 206 g/mol. The molecule has 0 amide bonds. The molecule has 0 fully saturated rings. The summed E-state index contributed by atoms with van der Waals surface area (Å²) >= 11 is 0. The van der Waals surface area contributed by atoms with Crippen LogP contribution in [0.2, 0.25) is 0 Å². The molecule has 5 heteroatoms. The van der Waals surface area contributed by atoms with Gasteiger partial charge in [-0.25, -0.2) is 4.98 Å². The van der Waals surface area contributed by atoms with Crippen LogP contribution < -0.4 is 0 Å². The highest BCUT2D eigenvalue weighted by molar-refractivity contribution is 4.64. The Hall–Kier alpha value is -0.910. The number of hydrogen-bond donors (Lipinski definition) is 4. The van der Waals surface area contributed by atoms with Gasteiger partial charge in [0, 0.05) is 32.2 Å². The molecule has 1 aromatic heterocycles. The van der Waals surface area contributed by atoms with Crippen LogP contribution in [0.1, 0.15) is 20.8 Å². The number of aromatic nitrogens is 2. The Morgan fingerprint density at radius 2 is 1.36 bits per heavy atom. The van der Waals surface area contributed by atoms with Crippen molar-refractivity contribution in [3.05, 3.63) is 18.7 Å². The van der Waals surface area contributed by atoms with E-state index in [1.807, 2.05) is 0 Å². The van der Waals surface area contributed by atoms with Crippen molar-refractivity contribution in [1.82, 2.24) is 9.97 Å². The molecule has 0 radical (unpaired) electrons. The molecule has 0 spiro atoms. The summed E-state index contributed by atoms with van der Waals surface area (Å²) in [5, 5.41) is 22.7. The number of imidazole rings is 1. The molecule has 0 atom stereocenters. The summed E-state index contributed by atoms with van der Waals surface area (Å²) in [7, 11) is 0. The molecular weight excluding hydrogens is 184 g/mol. The molecule has 0 unspecified atom stereocenters. The number of nitrogens with zero attached hydrogens (tertiary/aromatic N) is 1. The van der Waals surface area contributed by atoms with Gasteiger partial charge in [-0.1, -0.05) is 0 Å². The lowest BCUT2D eigenvalue weighted by Crippen LogP contribution is -1.57.